The molecule has 2 aromatic heterocycles. The SMILES string of the molecule is O=C(NC(c1ccccc1)c1ccco1)c1n[nH]c2ccccc2c1=O. The smallest absolute Gasteiger partial charge is 0.276 e. The van der Waals surface area contributed by atoms with Crippen molar-refractivity contribution in [2.45, 2.75) is 6.04 Å². The van der Waals surface area contributed by atoms with Crippen molar-refractivity contribution in [1.82, 2.24) is 15.5 Å². The first kappa shape index (κ1) is 15.8. The van der Waals surface area contributed by atoms with Gasteiger partial charge < -0.3 is 9.73 Å². The third-order valence-corrected chi connectivity index (χ3v) is 4.13. The number of rotatable bonds is 4. The number of amides is 1. The summed E-state index contributed by atoms with van der Waals surface area (Å²) >= 11 is 0. The predicted octanol–water partition coefficient (Wildman–Crippen LogP) is 3.04. The van der Waals surface area contributed by atoms with Crippen molar-refractivity contribution in [3.8, 4) is 0 Å². The zero-order chi connectivity index (χ0) is 17.9. The number of H-pyrrole nitrogens is 1. The fourth-order valence-corrected chi connectivity index (χ4v) is 2.85. The Morgan fingerprint density at radius 2 is 1.77 bits per heavy atom. The van der Waals surface area contributed by atoms with Gasteiger partial charge in [0.2, 0.25) is 5.43 Å². The minimum absolute atomic E-state index is 0.184. The van der Waals surface area contributed by atoms with Crippen LogP contribution in [0.4, 0.5) is 0 Å². The van der Waals surface area contributed by atoms with Crippen LogP contribution in [0.5, 0.6) is 0 Å². The first-order chi connectivity index (χ1) is 12.7. The summed E-state index contributed by atoms with van der Waals surface area (Å²) in [6, 6.07) is 19.3. The van der Waals surface area contributed by atoms with E-state index in [1.807, 2.05) is 30.3 Å². The molecule has 0 saturated heterocycles. The van der Waals surface area contributed by atoms with E-state index < -0.39 is 17.4 Å². The molecule has 1 unspecified atom stereocenters. The van der Waals surface area contributed by atoms with Crippen LogP contribution in [0.15, 0.2) is 82.2 Å². The zero-order valence-electron chi connectivity index (χ0n) is 13.7. The molecule has 6 nitrogen and oxygen atoms in total. The molecule has 128 valence electrons. The highest BCUT2D eigenvalue weighted by atomic mass is 16.3. The van der Waals surface area contributed by atoms with Gasteiger partial charge in [-0.3, -0.25) is 14.7 Å². The van der Waals surface area contributed by atoms with Crippen LogP contribution in [0.25, 0.3) is 10.9 Å². The van der Waals surface area contributed by atoms with Crippen molar-refractivity contribution in [1.29, 1.82) is 0 Å². The Morgan fingerprint density at radius 3 is 2.54 bits per heavy atom. The molecule has 0 saturated carbocycles. The van der Waals surface area contributed by atoms with Gasteiger partial charge in [-0.2, -0.15) is 5.10 Å². The Morgan fingerprint density at radius 1 is 1.00 bits per heavy atom. The number of carbonyl (C=O) groups excluding carboxylic acids is 1. The zero-order valence-corrected chi connectivity index (χ0v) is 13.7. The Labute approximate surface area is 148 Å². The minimum Gasteiger partial charge on any atom is -0.467 e. The number of nitrogens with zero attached hydrogens (tertiary/aromatic N) is 1. The molecule has 2 heterocycles. The average molecular weight is 345 g/mol. The molecule has 2 aromatic carbocycles. The number of hydrogen-bond donors (Lipinski definition) is 2. The van der Waals surface area contributed by atoms with Gasteiger partial charge in [0.15, 0.2) is 5.69 Å². The third kappa shape index (κ3) is 2.88. The molecule has 0 spiro atoms. The van der Waals surface area contributed by atoms with Gasteiger partial charge in [-0.1, -0.05) is 42.5 Å². The predicted molar refractivity (Wildman–Crippen MR) is 96.8 cm³/mol. The van der Waals surface area contributed by atoms with E-state index >= 15 is 0 Å². The summed E-state index contributed by atoms with van der Waals surface area (Å²) in [5.74, 6) is 0.00373. The number of para-hydroxylation sites is 1. The van der Waals surface area contributed by atoms with Crippen molar-refractivity contribution in [3.05, 3.63) is 100 Å². The molecule has 4 rings (SSSR count). The van der Waals surface area contributed by atoms with Crippen molar-refractivity contribution in [3.63, 3.8) is 0 Å². The summed E-state index contributed by atoms with van der Waals surface area (Å²) in [4.78, 5) is 25.4. The summed E-state index contributed by atoms with van der Waals surface area (Å²) in [5.41, 5.74) is 0.826. The second kappa shape index (κ2) is 6.68. The third-order valence-electron chi connectivity index (χ3n) is 4.13. The maximum atomic E-state index is 12.8. The van der Waals surface area contributed by atoms with E-state index in [1.54, 1.807) is 42.7 Å². The molecule has 4 aromatic rings. The lowest BCUT2D eigenvalue weighted by Crippen LogP contribution is -2.34. The molecular formula is C20H15N3O3. The monoisotopic (exact) mass is 345 g/mol. The fraction of sp³-hybridized carbons (Fsp3) is 0.0500. The Kier molecular flexibility index (Phi) is 4.07. The van der Waals surface area contributed by atoms with Gasteiger partial charge in [0, 0.05) is 5.39 Å². The quantitative estimate of drug-likeness (QED) is 0.595. The first-order valence-corrected chi connectivity index (χ1v) is 8.10. The van der Waals surface area contributed by atoms with E-state index in [2.05, 4.69) is 15.5 Å². The molecule has 1 amide bonds. The number of furan rings is 1. The van der Waals surface area contributed by atoms with Crippen molar-refractivity contribution in [2.24, 2.45) is 0 Å². The Hall–Kier alpha value is -3.67. The van der Waals surface area contributed by atoms with E-state index in [4.69, 9.17) is 4.42 Å². The van der Waals surface area contributed by atoms with Crippen molar-refractivity contribution < 1.29 is 9.21 Å². The molecule has 26 heavy (non-hydrogen) atoms. The van der Waals surface area contributed by atoms with Crippen LogP contribution < -0.4 is 10.7 Å². The Bertz CT molecular complexity index is 1100. The minimum atomic E-state index is -0.567. The first-order valence-electron chi connectivity index (χ1n) is 8.10. The largest absolute Gasteiger partial charge is 0.467 e. The number of fused-ring (bicyclic) bond motifs is 1. The van der Waals surface area contributed by atoms with E-state index in [-0.39, 0.29) is 5.69 Å². The number of aromatic amines is 1. The number of carbonyl (C=O) groups is 1. The number of nitrogens with one attached hydrogen (secondary N) is 2. The molecule has 0 aliphatic rings. The van der Waals surface area contributed by atoms with Crippen LogP contribution in [0, 0.1) is 0 Å². The van der Waals surface area contributed by atoms with Crippen LogP contribution in [-0.2, 0) is 0 Å². The van der Waals surface area contributed by atoms with Crippen LogP contribution >= 0.6 is 0 Å². The molecule has 6 heteroatoms. The van der Waals surface area contributed by atoms with Crippen LogP contribution in [-0.4, -0.2) is 16.1 Å². The van der Waals surface area contributed by atoms with Crippen LogP contribution in [0.1, 0.15) is 27.9 Å². The van der Waals surface area contributed by atoms with Gasteiger partial charge in [0.25, 0.3) is 5.91 Å². The highest BCUT2D eigenvalue weighted by Gasteiger charge is 2.23. The molecule has 2 N–H and O–H groups in total. The number of benzene rings is 2. The van der Waals surface area contributed by atoms with E-state index in [0.717, 1.165) is 5.56 Å². The van der Waals surface area contributed by atoms with Gasteiger partial charge in [-0.25, -0.2) is 0 Å². The molecular weight excluding hydrogens is 330 g/mol. The lowest BCUT2D eigenvalue weighted by molar-refractivity contribution is 0.0932. The Balaban J connectivity index is 1.72. The lowest BCUT2D eigenvalue weighted by Gasteiger charge is -2.16. The van der Waals surface area contributed by atoms with E-state index in [0.29, 0.717) is 16.7 Å². The summed E-state index contributed by atoms with van der Waals surface area (Å²) in [5, 5.41) is 9.97. The topological polar surface area (TPSA) is 88.0 Å². The van der Waals surface area contributed by atoms with Crippen molar-refractivity contribution >= 4 is 16.8 Å². The average Bonchev–Trinajstić information content (AvgIpc) is 3.21. The van der Waals surface area contributed by atoms with Gasteiger partial charge in [-0.15, -0.1) is 0 Å². The molecule has 0 bridgehead atoms. The summed E-state index contributed by atoms with van der Waals surface area (Å²) in [6.07, 6.45) is 1.54. The van der Waals surface area contributed by atoms with Gasteiger partial charge in [-0.05, 0) is 29.8 Å². The molecule has 1 atom stereocenters. The highest BCUT2D eigenvalue weighted by molar-refractivity contribution is 5.95. The van der Waals surface area contributed by atoms with Gasteiger partial charge in [0.05, 0.1) is 11.8 Å². The molecule has 0 aliphatic carbocycles. The lowest BCUT2D eigenvalue weighted by atomic mass is 10.0. The van der Waals surface area contributed by atoms with E-state index in [1.165, 1.54) is 0 Å². The second-order valence-electron chi connectivity index (χ2n) is 5.78. The van der Waals surface area contributed by atoms with Crippen molar-refractivity contribution in [2.75, 3.05) is 0 Å². The number of aromatic nitrogens is 2. The summed E-state index contributed by atoms with van der Waals surface area (Å²) in [7, 11) is 0. The van der Waals surface area contributed by atoms with Gasteiger partial charge in [0.1, 0.15) is 11.8 Å². The van der Waals surface area contributed by atoms with Crippen LogP contribution in [0.3, 0.4) is 0 Å². The normalized spacial score (nSPS) is 12.0. The standard InChI is InChI=1S/C20H15N3O3/c24-19-14-9-4-5-10-15(14)22-23-18(19)20(25)21-17(16-11-6-12-26-16)13-7-2-1-3-8-13/h1-12,17H,(H,21,25)(H,22,24). The fourth-order valence-electron chi connectivity index (χ4n) is 2.85. The second-order valence-corrected chi connectivity index (χ2v) is 5.78. The molecule has 0 fully saturated rings. The summed E-state index contributed by atoms with van der Waals surface area (Å²) in [6.45, 7) is 0. The van der Waals surface area contributed by atoms with Crippen LogP contribution in [0.2, 0.25) is 0 Å². The highest BCUT2D eigenvalue weighted by Crippen LogP contribution is 2.22. The maximum absolute atomic E-state index is 12.8. The van der Waals surface area contributed by atoms with Gasteiger partial charge >= 0.3 is 0 Å². The van der Waals surface area contributed by atoms with E-state index in [9.17, 15) is 9.59 Å². The molecule has 0 aliphatic heterocycles. The summed E-state index contributed by atoms with van der Waals surface area (Å²) < 4.78 is 5.47. The maximum Gasteiger partial charge on any atom is 0.276 e. The molecule has 0 radical (unpaired) electrons. The number of hydrogen-bond acceptors (Lipinski definition) is 4.